The van der Waals surface area contributed by atoms with Gasteiger partial charge in [-0.2, -0.15) is 0 Å². The van der Waals surface area contributed by atoms with Crippen molar-refractivity contribution in [1.29, 1.82) is 0 Å². The molecule has 0 spiro atoms. The van der Waals surface area contributed by atoms with E-state index in [1.54, 1.807) is 84.1 Å². The van der Waals surface area contributed by atoms with Gasteiger partial charge in [0.2, 0.25) is 11.8 Å². The van der Waals surface area contributed by atoms with Gasteiger partial charge >= 0.3 is 30.0 Å². The zero-order valence-electron chi connectivity index (χ0n) is 50.1. The number of thiophene rings is 3. The number of esters is 2. The van der Waals surface area contributed by atoms with Crippen LogP contribution in [0.15, 0.2) is 99.0 Å². The van der Waals surface area contributed by atoms with Crippen molar-refractivity contribution in [2.75, 3.05) is 76.8 Å². The molecule has 5 amide bonds. The normalized spacial score (nSPS) is 13.7. The number of primary amides is 2. The average molecular weight is 1410 g/mol. The van der Waals surface area contributed by atoms with Crippen molar-refractivity contribution >= 4 is 189 Å². The van der Waals surface area contributed by atoms with E-state index in [0.717, 1.165) is 34.0 Å². The molecule has 10 rings (SSSR count). The number of anilines is 10. The minimum absolute atomic E-state index is 0. The van der Waals surface area contributed by atoms with E-state index in [9.17, 15) is 48.3 Å². The van der Waals surface area contributed by atoms with E-state index >= 15 is 0 Å². The molecule has 6 aromatic heterocycles. The van der Waals surface area contributed by atoms with E-state index in [0.29, 0.717) is 92.6 Å². The van der Waals surface area contributed by atoms with E-state index in [1.807, 2.05) is 35.2 Å². The number of benzene rings is 2. The lowest BCUT2D eigenvalue weighted by atomic mass is 9.86. The summed E-state index contributed by atoms with van der Waals surface area (Å²) in [5.74, 6) is -4.94. The molecule has 0 radical (unpaired) electrons. The Labute approximate surface area is 561 Å². The molecule has 0 bridgehead atoms. The summed E-state index contributed by atoms with van der Waals surface area (Å²) in [7, 11) is 2.62. The van der Waals surface area contributed by atoms with E-state index in [2.05, 4.69) is 56.5 Å². The lowest BCUT2D eigenvalue weighted by molar-refractivity contribution is -0.125. The second kappa shape index (κ2) is 31.4. The Bertz CT molecular complexity index is 4010. The quantitative estimate of drug-likeness (QED) is 0.0265. The van der Waals surface area contributed by atoms with Crippen molar-refractivity contribution < 1.29 is 67.6 Å². The van der Waals surface area contributed by atoms with Crippen molar-refractivity contribution in [3.63, 3.8) is 0 Å². The fourth-order valence-electron chi connectivity index (χ4n) is 9.07. The number of alkyl carbamates (subject to hydrolysis) is 1. The highest BCUT2D eigenvalue weighted by Crippen LogP contribution is 2.36. The number of piperidine rings is 2. The molecule has 14 N–H and O–H groups in total. The number of hydrogen-bond donors (Lipinski definition) is 11. The van der Waals surface area contributed by atoms with Gasteiger partial charge in [0.25, 0.3) is 11.8 Å². The first-order valence-corrected chi connectivity index (χ1v) is 32.8. The van der Waals surface area contributed by atoms with Gasteiger partial charge in [0.05, 0.1) is 59.6 Å². The summed E-state index contributed by atoms with van der Waals surface area (Å²) in [6, 6.07) is 19.8. The number of nitrogens with two attached hydrogens (primary N) is 3. The highest BCUT2D eigenvalue weighted by atomic mass is 35.5. The third kappa shape index (κ3) is 18.3. The monoisotopic (exact) mass is 1410 g/mol. The standard InChI is InChI=1S/C27H32N6O6S2.C21H22N6O4S2.C10H8N2O4S2.ClH/c1-26(2,3)39-25(37)32-27(23(28)36)10-12-33(13-11-27)19-8-6-5-7-16(19)29-21(34)18-15-41-24(31-18)30-17-9-14-40-20(17)22(35)38-4;22-19(31)21(23)6-8-27(9-7-21)15-4-2-1-3-12(15)24-17(28)14-11-33-20(26-14)25-13-5-10-32-16(13)18(29)30;1-16-9(15)7-5(2-3-17-7)11-10-12-6(4-18-10)8(13)14;/h5-9,14-15H,10-13H2,1-4H3,(H2,28,36)(H,29,34)(H,30,31)(H,32,37);1-5,10-11H,6-9,23H2,(H2,22,31)(H,24,28)(H,25,26)(H,29,30);2-4H,1H3,(H,11,12)(H,13,14);1H. The summed E-state index contributed by atoms with van der Waals surface area (Å²) < 4.78 is 14.8. The number of para-hydroxylation sites is 4. The molecule has 2 saturated heterocycles. The molecular formula is C58H63ClN14O14S6. The minimum atomic E-state index is -1.24. The highest BCUT2D eigenvalue weighted by molar-refractivity contribution is 7.15. The number of aromatic nitrogens is 3. The summed E-state index contributed by atoms with van der Waals surface area (Å²) in [6.07, 6.45) is 0.677. The molecular weight excluding hydrogens is 1340 g/mol. The topological polar surface area (TPSA) is 417 Å². The van der Waals surface area contributed by atoms with Crippen LogP contribution in [0.2, 0.25) is 0 Å². The number of rotatable bonds is 19. The van der Waals surface area contributed by atoms with E-state index in [-0.39, 0.29) is 47.2 Å². The van der Waals surface area contributed by atoms with Crippen molar-refractivity contribution in [3.05, 3.63) is 131 Å². The summed E-state index contributed by atoms with van der Waals surface area (Å²) >= 11 is 7.17. The summed E-state index contributed by atoms with van der Waals surface area (Å²) in [5, 5.41) is 46.5. The number of thiazole rings is 3. The molecule has 2 aliphatic rings. The molecule has 492 valence electrons. The van der Waals surface area contributed by atoms with Crippen LogP contribution in [-0.2, 0) is 23.8 Å². The van der Waals surface area contributed by atoms with Gasteiger partial charge < -0.3 is 83.3 Å². The van der Waals surface area contributed by atoms with Gasteiger partial charge in [-0.15, -0.1) is 80.4 Å². The molecule has 28 nitrogen and oxygen atoms in total. The molecule has 2 fully saturated rings. The van der Waals surface area contributed by atoms with Gasteiger partial charge in [-0.25, -0.2) is 38.9 Å². The van der Waals surface area contributed by atoms with Crippen LogP contribution in [0, 0.1) is 0 Å². The van der Waals surface area contributed by atoms with Crippen LogP contribution in [0.3, 0.4) is 0 Å². The molecule has 8 heterocycles. The highest BCUT2D eigenvalue weighted by Gasteiger charge is 2.43. The number of carboxylic acids is 2. The fourth-order valence-corrected chi connectivity index (χ4v) is 13.4. The molecule has 2 aromatic carbocycles. The molecule has 93 heavy (non-hydrogen) atoms. The number of nitrogens with zero attached hydrogens (tertiary/aromatic N) is 5. The largest absolute Gasteiger partial charge is 0.477 e. The third-order valence-corrected chi connectivity index (χ3v) is 18.8. The van der Waals surface area contributed by atoms with Crippen molar-refractivity contribution in [3.8, 4) is 0 Å². The lowest BCUT2D eigenvalue weighted by Gasteiger charge is -2.41. The van der Waals surface area contributed by atoms with E-state index in [1.165, 1.54) is 64.9 Å². The molecule has 2 aliphatic heterocycles. The average Bonchev–Trinajstić information content (AvgIpc) is 1.81. The first kappa shape index (κ1) is 71.2. The number of methoxy groups -OCH3 is 2. The number of aromatic carboxylic acids is 2. The first-order valence-electron chi connectivity index (χ1n) is 27.5. The number of amides is 5. The summed E-state index contributed by atoms with van der Waals surface area (Å²) in [5.41, 5.74) is 18.9. The Morgan fingerprint density at radius 2 is 0.914 bits per heavy atom. The Balaban J connectivity index is 0.000000210. The van der Waals surface area contributed by atoms with Crippen molar-refractivity contribution in [1.82, 2.24) is 20.3 Å². The zero-order valence-corrected chi connectivity index (χ0v) is 55.8. The van der Waals surface area contributed by atoms with Crippen LogP contribution in [-0.4, -0.2) is 136 Å². The third-order valence-electron chi connectivity index (χ3n) is 13.8. The smallest absolute Gasteiger partial charge is 0.408 e. The number of halogens is 1. The number of carboxylic acid groups (broad SMARTS) is 2. The zero-order chi connectivity index (χ0) is 66.5. The predicted octanol–water partition coefficient (Wildman–Crippen LogP) is 9.87. The van der Waals surface area contributed by atoms with Crippen molar-refractivity contribution in [2.24, 2.45) is 17.2 Å². The van der Waals surface area contributed by atoms with Gasteiger partial charge in [-0.3, -0.25) is 19.2 Å². The lowest BCUT2D eigenvalue weighted by Crippen LogP contribution is -2.63. The minimum Gasteiger partial charge on any atom is -0.477 e. The maximum absolute atomic E-state index is 13.1. The number of ether oxygens (including phenoxy) is 3. The molecule has 8 aromatic rings. The maximum Gasteiger partial charge on any atom is 0.408 e. The van der Waals surface area contributed by atoms with Crippen LogP contribution in [0.4, 0.5) is 60.0 Å². The van der Waals surface area contributed by atoms with Gasteiger partial charge in [0.15, 0.2) is 21.1 Å². The molecule has 0 unspecified atom stereocenters. The van der Waals surface area contributed by atoms with Crippen LogP contribution in [0.5, 0.6) is 0 Å². The van der Waals surface area contributed by atoms with Crippen LogP contribution < -0.4 is 58.9 Å². The number of hydrogen-bond acceptors (Lipinski definition) is 27. The molecule has 0 saturated carbocycles. The second-order valence-corrected chi connectivity index (χ2v) is 26.4. The number of nitrogens with one attached hydrogen (secondary N) is 6. The molecule has 0 aliphatic carbocycles. The molecule has 0 atom stereocenters. The summed E-state index contributed by atoms with van der Waals surface area (Å²) in [6.45, 7) is 7.09. The van der Waals surface area contributed by atoms with Gasteiger partial charge in [0, 0.05) is 42.3 Å². The molecule has 35 heteroatoms. The van der Waals surface area contributed by atoms with Crippen LogP contribution in [0.25, 0.3) is 0 Å². The van der Waals surface area contributed by atoms with Crippen LogP contribution in [0.1, 0.15) is 107 Å². The Morgan fingerprint density at radius 3 is 1.29 bits per heavy atom. The Kier molecular flexibility index (Phi) is 24.0. The van der Waals surface area contributed by atoms with E-state index in [4.69, 9.17) is 31.8 Å². The number of carbonyl (C=O) groups is 9. The van der Waals surface area contributed by atoms with Gasteiger partial charge in [-0.05, 0) is 105 Å². The number of carbonyl (C=O) groups excluding carboxylic acids is 7. The SMILES string of the molecule is COC(=O)c1sccc1Nc1nc(C(=O)Nc2ccccc2N2CCC(NC(=O)OC(C)(C)C)(C(N)=O)CC2)cs1.COC(=O)c1sccc1Nc1nc(C(=O)O)cs1.Cl.NC(=O)C1(N)CCN(c2ccccc2NC(=O)c2csc(Nc3ccsc3C(=O)O)n2)CC1. The van der Waals surface area contributed by atoms with Crippen LogP contribution >= 0.6 is 80.4 Å². The second-order valence-electron chi connectivity index (χ2n) is 21.1. The van der Waals surface area contributed by atoms with E-state index < -0.39 is 70.3 Å². The summed E-state index contributed by atoms with van der Waals surface area (Å²) in [4.78, 5) is 125. The fraction of sp³-hybridized carbons (Fsp3) is 0.276. The van der Waals surface area contributed by atoms with Crippen molar-refractivity contribution in [2.45, 2.75) is 63.1 Å². The Morgan fingerprint density at radius 1 is 0.527 bits per heavy atom. The Hall–Kier alpha value is -9.29. The maximum atomic E-state index is 13.1. The van der Waals surface area contributed by atoms with Gasteiger partial charge in [-0.1, -0.05) is 24.3 Å². The first-order chi connectivity index (χ1) is 43.8. The predicted molar refractivity (Wildman–Crippen MR) is 362 cm³/mol. The van der Waals surface area contributed by atoms with Gasteiger partial charge in [0.1, 0.15) is 37.2 Å².